The van der Waals surface area contributed by atoms with Crippen molar-refractivity contribution in [2.45, 2.75) is 45.1 Å². The van der Waals surface area contributed by atoms with Crippen molar-refractivity contribution in [3.05, 3.63) is 54.1 Å². The summed E-state index contributed by atoms with van der Waals surface area (Å²) in [6.45, 7) is 5.82. The molecule has 1 amide bonds. The van der Waals surface area contributed by atoms with Crippen LogP contribution in [0.25, 0.3) is 22.4 Å². The van der Waals surface area contributed by atoms with Gasteiger partial charge < -0.3 is 9.84 Å². The number of benzene rings is 2. The zero-order valence-corrected chi connectivity index (χ0v) is 19.2. The third-order valence-corrected chi connectivity index (χ3v) is 6.37. The molecule has 0 saturated heterocycles. The van der Waals surface area contributed by atoms with Gasteiger partial charge in [0.15, 0.2) is 5.82 Å². The molecule has 1 aromatic heterocycles. The van der Waals surface area contributed by atoms with Crippen LogP contribution in [-0.2, 0) is 22.0 Å². The Hall–Kier alpha value is -3.68. The number of carboxylic acids is 1. The number of carbonyl (C=O) groups is 2. The largest absolute Gasteiger partial charge is 0.481 e. The Morgan fingerprint density at radius 1 is 1.00 bits per heavy atom. The average Bonchev–Trinajstić information content (AvgIpc) is 3.54. The first kappa shape index (κ1) is 22.5. The second kappa shape index (κ2) is 8.69. The topological polar surface area (TPSA) is 106 Å². The lowest BCUT2D eigenvalue weighted by Gasteiger charge is -2.17. The van der Waals surface area contributed by atoms with E-state index in [2.05, 4.69) is 15.6 Å². The summed E-state index contributed by atoms with van der Waals surface area (Å²) >= 11 is 0. The van der Waals surface area contributed by atoms with Gasteiger partial charge in [-0.3, -0.25) is 10.1 Å². The Balaban J connectivity index is 1.51. The van der Waals surface area contributed by atoms with E-state index in [1.165, 1.54) is 4.68 Å². The Morgan fingerprint density at radius 3 is 2.06 bits per heavy atom. The van der Waals surface area contributed by atoms with Crippen molar-refractivity contribution < 1.29 is 19.4 Å². The number of rotatable bonds is 7. The van der Waals surface area contributed by atoms with E-state index in [9.17, 15) is 14.7 Å². The number of carboxylic acid groups (broad SMARTS) is 1. The van der Waals surface area contributed by atoms with Gasteiger partial charge in [0.25, 0.3) is 0 Å². The highest BCUT2D eigenvalue weighted by Gasteiger charge is 2.51. The number of anilines is 1. The van der Waals surface area contributed by atoms with E-state index >= 15 is 0 Å². The fourth-order valence-corrected chi connectivity index (χ4v) is 3.68. The van der Waals surface area contributed by atoms with E-state index in [0.29, 0.717) is 24.4 Å². The van der Waals surface area contributed by atoms with Gasteiger partial charge in [-0.2, -0.15) is 0 Å². The van der Waals surface area contributed by atoms with Crippen LogP contribution in [0.4, 0.5) is 10.6 Å². The van der Waals surface area contributed by atoms with Gasteiger partial charge in [-0.25, -0.2) is 9.48 Å². The molecule has 0 bridgehead atoms. The highest BCUT2D eigenvalue weighted by Crippen LogP contribution is 2.48. The fraction of sp³-hybridized carbons (Fsp3) is 0.360. The SMILES string of the molecule is CC(C)C(C)OC(=O)Nc1c(-c2ccc(-c3ccc(C4(C(=O)O)CC4)cc3)cc2)nnn1C. The molecule has 1 atom stereocenters. The first-order valence-corrected chi connectivity index (χ1v) is 11.0. The molecule has 1 unspecified atom stereocenters. The summed E-state index contributed by atoms with van der Waals surface area (Å²) in [6.07, 6.45) is 0.615. The lowest BCUT2D eigenvalue weighted by atomic mass is 9.93. The maximum Gasteiger partial charge on any atom is 0.413 e. The van der Waals surface area contributed by atoms with E-state index in [4.69, 9.17) is 4.74 Å². The molecule has 1 aliphatic rings. The minimum Gasteiger partial charge on any atom is -0.481 e. The van der Waals surface area contributed by atoms with Crippen molar-refractivity contribution in [3.8, 4) is 22.4 Å². The molecule has 0 radical (unpaired) electrons. The van der Waals surface area contributed by atoms with E-state index in [-0.39, 0.29) is 12.0 Å². The molecule has 1 heterocycles. The summed E-state index contributed by atoms with van der Waals surface area (Å²) in [5.74, 6) is -0.0903. The summed E-state index contributed by atoms with van der Waals surface area (Å²) in [5.41, 5.74) is 3.49. The van der Waals surface area contributed by atoms with Crippen molar-refractivity contribution in [1.29, 1.82) is 0 Å². The number of nitrogens with zero attached hydrogens (tertiary/aromatic N) is 3. The van der Waals surface area contributed by atoms with Crippen molar-refractivity contribution in [1.82, 2.24) is 15.0 Å². The van der Waals surface area contributed by atoms with E-state index in [1.54, 1.807) is 7.05 Å². The summed E-state index contributed by atoms with van der Waals surface area (Å²) in [4.78, 5) is 23.8. The molecule has 8 heteroatoms. The Labute approximate surface area is 192 Å². The monoisotopic (exact) mass is 448 g/mol. The molecule has 1 aliphatic carbocycles. The van der Waals surface area contributed by atoms with Crippen molar-refractivity contribution in [3.63, 3.8) is 0 Å². The normalized spacial score (nSPS) is 15.2. The van der Waals surface area contributed by atoms with Gasteiger partial charge in [0, 0.05) is 12.6 Å². The number of hydrogen-bond acceptors (Lipinski definition) is 5. The Morgan fingerprint density at radius 2 is 1.55 bits per heavy atom. The van der Waals surface area contributed by atoms with E-state index in [1.807, 2.05) is 69.3 Å². The smallest absolute Gasteiger partial charge is 0.413 e. The van der Waals surface area contributed by atoms with Crippen LogP contribution in [0.5, 0.6) is 0 Å². The zero-order chi connectivity index (χ0) is 23.8. The lowest BCUT2D eigenvalue weighted by molar-refractivity contribution is -0.140. The maximum atomic E-state index is 12.3. The highest BCUT2D eigenvalue weighted by atomic mass is 16.6. The summed E-state index contributed by atoms with van der Waals surface area (Å²) in [7, 11) is 1.71. The van der Waals surface area contributed by atoms with Crippen LogP contribution in [0.1, 0.15) is 39.2 Å². The molecule has 4 rings (SSSR count). The molecule has 1 saturated carbocycles. The van der Waals surface area contributed by atoms with Crippen LogP contribution in [0.2, 0.25) is 0 Å². The predicted octanol–water partition coefficient (Wildman–Crippen LogP) is 4.86. The fourth-order valence-electron chi connectivity index (χ4n) is 3.68. The van der Waals surface area contributed by atoms with Crippen LogP contribution < -0.4 is 5.32 Å². The van der Waals surface area contributed by atoms with Gasteiger partial charge in [0.1, 0.15) is 11.8 Å². The quantitative estimate of drug-likeness (QED) is 0.535. The van der Waals surface area contributed by atoms with Crippen LogP contribution in [-0.4, -0.2) is 38.3 Å². The second-order valence-electron chi connectivity index (χ2n) is 8.93. The summed E-state index contributed by atoms with van der Waals surface area (Å²) in [6, 6.07) is 15.5. The number of aliphatic carboxylic acids is 1. The van der Waals surface area contributed by atoms with Gasteiger partial charge in [0.2, 0.25) is 0 Å². The third-order valence-electron chi connectivity index (χ3n) is 6.37. The molecule has 0 aliphatic heterocycles. The molecule has 2 aromatic carbocycles. The van der Waals surface area contributed by atoms with Crippen molar-refractivity contribution >= 4 is 17.9 Å². The molecular formula is C25H28N4O4. The van der Waals surface area contributed by atoms with Crippen molar-refractivity contribution in [2.24, 2.45) is 13.0 Å². The van der Waals surface area contributed by atoms with Gasteiger partial charge >= 0.3 is 12.1 Å². The molecule has 2 N–H and O–H groups in total. The predicted molar refractivity (Wildman–Crippen MR) is 125 cm³/mol. The first-order chi connectivity index (χ1) is 15.7. The number of carbonyl (C=O) groups excluding carboxylic acids is 1. The second-order valence-corrected chi connectivity index (χ2v) is 8.93. The highest BCUT2D eigenvalue weighted by molar-refractivity contribution is 5.89. The van der Waals surface area contributed by atoms with Crippen LogP contribution in [0.3, 0.4) is 0 Å². The van der Waals surface area contributed by atoms with Crippen LogP contribution >= 0.6 is 0 Å². The van der Waals surface area contributed by atoms with Gasteiger partial charge in [-0.1, -0.05) is 67.6 Å². The first-order valence-electron chi connectivity index (χ1n) is 11.0. The van der Waals surface area contributed by atoms with Gasteiger partial charge in [-0.15, -0.1) is 5.10 Å². The van der Waals surface area contributed by atoms with Gasteiger partial charge in [-0.05, 0) is 42.4 Å². The van der Waals surface area contributed by atoms with Crippen LogP contribution in [0, 0.1) is 5.92 Å². The molecule has 0 spiro atoms. The number of aryl methyl sites for hydroxylation is 1. The molecule has 33 heavy (non-hydrogen) atoms. The summed E-state index contributed by atoms with van der Waals surface area (Å²) < 4.78 is 6.90. The Kier molecular flexibility index (Phi) is 5.93. The third kappa shape index (κ3) is 4.46. The minimum absolute atomic E-state index is 0.209. The molecule has 3 aromatic rings. The number of aromatic nitrogens is 3. The Bertz CT molecular complexity index is 1160. The molecule has 1 fully saturated rings. The van der Waals surface area contributed by atoms with Gasteiger partial charge in [0.05, 0.1) is 5.41 Å². The molecular weight excluding hydrogens is 420 g/mol. The minimum atomic E-state index is -0.754. The average molecular weight is 449 g/mol. The van der Waals surface area contributed by atoms with E-state index < -0.39 is 17.5 Å². The van der Waals surface area contributed by atoms with E-state index in [0.717, 1.165) is 22.3 Å². The number of ether oxygens (including phenoxy) is 1. The zero-order valence-electron chi connectivity index (χ0n) is 19.2. The maximum absolute atomic E-state index is 12.3. The summed E-state index contributed by atoms with van der Waals surface area (Å²) in [5, 5.41) is 20.5. The number of amides is 1. The lowest BCUT2D eigenvalue weighted by Crippen LogP contribution is -2.25. The number of nitrogens with one attached hydrogen (secondary N) is 1. The van der Waals surface area contributed by atoms with Crippen LogP contribution in [0.15, 0.2) is 48.5 Å². The standard InChI is InChI=1S/C25H28N4O4/c1-15(2)16(3)33-24(32)26-22-21(27-28-29(22)4)19-7-5-17(6-8-19)18-9-11-20(12-10-18)25(13-14-25)23(30)31/h5-12,15-16H,13-14H2,1-4H3,(H,26,32)(H,30,31). The molecule has 172 valence electrons. The number of hydrogen-bond donors (Lipinski definition) is 2. The van der Waals surface area contributed by atoms with Crippen molar-refractivity contribution in [2.75, 3.05) is 5.32 Å². The molecule has 8 nitrogen and oxygen atoms in total.